The molecule has 0 fully saturated rings. The average molecular weight is 355 g/mol. The molecule has 0 radical (unpaired) electrons. The van der Waals surface area contributed by atoms with E-state index in [0.29, 0.717) is 27.8 Å². The number of aryl methyl sites for hydroxylation is 1. The summed E-state index contributed by atoms with van der Waals surface area (Å²) in [7, 11) is 2.98. The van der Waals surface area contributed by atoms with Gasteiger partial charge in [0.05, 0.1) is 18.9 Å². The van der Waals surface area contributed by atoms with E-state index < -0.39 is 11.9 Å². The minimum atomic E-state index is -0.485. The van der Waals surface area contributed by atoms with Crippen LogP contribution in [0.2, 0.25) is 0 Å². The Bertz CT molecular complexity index is 1070. The second-order valence-electron chi connectivity index (χ2n) is 5.70. The van der Waals surface area contributed by atoms with Crippen molar-refractivity contribution < 1.29 is 14.3 Å². The van der Waals surface area contributed by atoms with Crippen LogP contribution in [0.15, 0.2) is 35.5 Å². The minimum absolute atomic E-state index is 0.210. The highest BCUT2D eigenvalue weighted by Gasteiger charge is 2.15. The Balaban J connectivity index is 1.83. The number of esters is 1. The molecular weight excluding hydrogens is 338 g/mol. The fourth-order valence-electron chi connectivity index (χ4n) is 2.63. The highest BCUT2D eigenvalue weighted by Crippen LogP contribution is 2.19. The number of aromatic nitrogens is 4. The Kier molecular flexibility index (Phi) is 4.53. The lowest BCUT2D eigenvalue weighted by Gasteiger charge is -2.12. The number of benzene rings is 1. The van der Waals surface area contributed by atoms with Crippen LogP contribution < -0.4 is 10.9 Å². The lowest BCUT2D eigenvalue weighted by atomic mass is 10.1. The van der Waals surface area contributed by atoms with Crippen molar-refractivity contribution in [2.75, 3.05) is 12.4 Å². The molecule has 3 aromatic rings. The molecule has 9 heteroatoms. The first-order valence-electron chi connectivity index (χ1n) is 7.77. The van der Waals surface area contributed by atoms with E-state index in [1.165, 1.54) is 28.9 Å². The summed E-state index contributed by atoms with van der Waals surface area (Å²) in [5, 5.41) is 7.03. The molecule has 0 aliphatic heterocycles. The second-order valence-corrected chi connectivity index (χ2v) is 5.70. The molecule has 0 saturated carbocycles. The second kappa shape index (κ2) is 6.79. The molecule has 1 aromatic carbocycles. The van der Waals surface area contributed by atoms with Gasteiger partial charge in [0, 0.05) is 12.7 Å². The molecule has 134 valence electrons. The fourth-order valence-corrected chi connectivity index (χ4v) is 2.63. The average Bonchev–Trinajstić information content (AvgIpc) is 3.00. The molecule has 0 saturated heterocycles. The lowest BCUT2D eigenvalue weighted by molar-refractivity contribution is -0.116. The van der Waals surface area contributed by atoms with Crippen LogP contribution in [0.3, 0.4) is 0 Å². The maximum Gasteiger partial charge on any atom is 0.338 e. The van der Waals surface area contributed by atoms with Gasteiger partial charge in [-0.15, -0.1) is 0 Å². The minimum Gasteiger partial charge on any atom is -0.465 e. The number of carbonyl (C=O) groups is 2. The number of nitrogens with zero attached hydrogens (tertiary/aromatic N) is 4. The van der Waals surface area contributed by atoms with E-state index in [4.69, 9.17) is 4.74 Å². The molecule has 3 rings (SSSR count). The van der Waals surface area contributed by atoms with Gasteiger partial charge in [-0.2, -0.15) is 5.10 Å². The molecule has 0 aliphatic carbocycles. The zero-order valence-corrected chi connectivity index (χ0v) is 14.5. The topological polar surface area (TPSA) is 108 Å². The predicted molar refractivity (Wildman–Crippen MR) is 93.9 cm³/mol. The van der Waals surface area contributed by atoms with E-state index in [0.717, 1.165) is 0 Å². The summed E-state index contributed by atoms with van der Waals surface area (Å²) >= 11 is 0. The first-order chi connectivity index (χ1) is 12.4. The van der Waals surface area contributed by atoms with Crippen molar-refractivity contribution in [2.24, 2.45) is 7.05 Å². The highest BCUT2D eigenvalue weighted by molar-refractivity contribution is 5.96. The van der Waals surface area contributed by atoms with Crippen LogP contribution in [0, 0.1) is 6.92 Å². The number of amides is 1. The zero-order chi connectivity index (χ0) is 18.8. The summed E-state index contributed by atoms with van der Waals surface area (Å²) in [4.78, 5) is 40.6. The van der Waals surface area contributed by atoms with Gasteiger partial charge in [-0.25, -0.2) is 9.78 Å². The fraction of sp³-hybridized carbons (Fsp3) is 0.235. The number of nitrogens with one attached hydrogen (secondary N) is 1. The number of rotatable bonds is 4. The smallest absolute Gasteiger partial charge is 0.338 e. The summed E-state index contributed by atoms with van der Waals surface area (Å²) in [5.41, 5.74) is 1.52. The lowest BCUT2D eigenvalue weighted by Crippen LogP contribution is -2.28. The van der Waals surface area contributed by atoms with Crippen LogP contribution in [0.25, 0.3) is 11.0 Å². The van der Waals surface area contributed by atoms with Crippen LogP contribution >= 0.6 is 0 Å². The van der Waals surface area contributed by atoms with Gasteiger partial charge in [-0.05, 0) is 24.6 Å². The Hall–Kier alpha value is -3.49. The molecule has 1 N–H and O–H groups in total. The molecule has 1 amide bonds. The number of fused-ring (bicyclic) bond motifs is 1. The Morgan fingerprint density at radius 2 is 2.08 bits per heavy atom. The SMILES string of the molecule is COC(=O)c1cccc(NC(=O)Cn2cnc3c(cnn3C)c2=O)c1C. The predicted octanol–water partition coefficient (Wildman–Crippen LogP) is 0.864. The third-order valence-corrected chi connectivity index (χ3v) is 4.05. The molecule has 2 aromatic heterocycles. The monoisotopic (exact) mass is 355 g/mol. The zero-order valence-electron chi connectivity index (χ0n) is 14.5. The van der Waals surface area contributed by atoms with Crippen molar-refractivity contribution in [1.29, 1.82) is 0 Å². The number of ether oxygens (including phenoxy) is 1. The summed E-state index contributed by atoms with van der Waals surface area (Å²) in [6.07, 6.45) is 2.73. The largest absolute Gasteiger partial charge is 0.465 e. The normalized spacial score (nSPS) is 10.7. The van der Waals surface area contributed by atoms with E-state index in [-0.39, 0.29) is 12.1 Å². The Morgan fingerprint density at radius 1 is 1.31 bits per heavy atom. The molecule has 0 atom stereocenters. The third kappa shape index (κ3) is 3.06. The molecule has 26 heavy (non-hydrogen) atoms. The molecule has 0 spiro atoms. The number of hydrogen-bond acceptors (Lipinski definition) is 6. The highest BCUT2D eigenvalue weighted by atomic mass is 16.5. The molecule has 0 unspecified atom stereocenters. The van der Waals surface area contributed by atoms with Crippen molar-refractivity contribution in [2.45, 2.75) is 13.5 Å². The number of hydrogen-bond donors (Lipinski definition) is 1. The molecule has 0 aliphatic rings. The Labute approximate surface area is 148 Å². The third-order valence-electron chi connectivity index (χ3n) is 4.05. The van der Waals surface area contributed by atoms with Crippen LogP contribution in [-0.4, -0.2) is 38.3 Å². The number of anilines is 1. The van der Waals surface area contributed by atoms with Crippen molar-refractivity contribution in [1.82, 2.24) is 19.3 Å². The van der Waals surface area contributed by atoms with E-state index in [2.05, 4.69) is 15.4 Å². The summed E-state index contributed by atoms with van der Waals surface area (Å²) in [5.74, 6) is -0.900. The van der Waals surface area contributed by atoms with Gasteiger partial charge >= 0.3 is 5.97 Å². The number of carbonyl (C=O) groups excluding carboxylic acids is 2. The molecule has 0 bridgehead atoms. The number of methoxy groups -OCH3 is 1. The first-order valence-corrected chi connectivity index (χ1v) is 7.77. The molecular formula is C17H17N5O4. The van der Waals surface area contributed by atoms with Crippen molar-refractivity contribution in [3.63, 3.8) is 0 Å². The molecule has 9 nitrogen and oxygen atoms in total. The van der Waals surface area contributed by atoms with Gasteiger partial charge in [0.15, 0.2) is 5.65 Å². The first kappa shape index (κ1) is 17.3. The van der Waals surface area contributed by atoms with Gasteiger partial charge in [-0.1, -0.05) is 6.07 Å². The Morgan fingerprint density at radius 3 is 2.81 bits per heavy atom. The van der Waals surface area contributed by atoms with Gasteiger partial charge in [0.25, 0.3) is 5.56 Å². The van der Waals surface area contributed by atoms with E-state index in [9.17, 15) is 14.4 Å². The van der Waals surface area contributed by atoms with Crippen molar-refractivity contribution in [3.05, 3.63) is 52.2 Å². The van der Waals surface area contributed by atoms with Gasteiger partial charge in [0.2, 0.25) is 5.91 Å². The van der Waals surface area contributed by atoms with Gasteiger partial charge in [-0.3, -0.25) is 18.8 Å². The van der Waals surface area contributed by atoms with Gasteiger partial charge < -0.3 is 10.1 Å². The standard InChI is InChI=1S/C17H17N5O4/c1-10-11(17(25)26-3)5-4-6-13(10)20-14(23)8-22-9-18-15-12(16(22)24)7-19-21(15)2/h4-7,9H,8H2,1-3H3,(H,20,23). The quantitative estimate of drug-likeness (QED) is 0.696. The van der Waals surface area contributed by atoms with E-state index in [1.54, 1.807) is 32.2 Å². The van der Waals surface area contributed by atoms with Crippen molar-refractivity contribution in [3.8, 4) is 0 Å². The summed E-state index contributed by atoms with van der Waals surface area (Å²) in [6, 6.07) is 4.93. The molecule has 2 heterocycles. The maximum atomic E-state index is 12.4. The van der Waals surface area contributed by atoms with Crippen LogP contribution in [0.5, 0.6) is 0 Å². The van der Waals surface area contributed by atoms with Gasteiger partial charge in [0.1, 0.15) is 18.3 Å². The summed E-state index contributed by atoms with van der Waals surface area (Å²) in [6.45, 7) is 1.50. The maximum absolute atomic E-state index is 12.4. The van der Waals surface area contributed by atoms with E-state index in [1.807, 2.05) is 0 Å². The van der Waals surface area contributed by atoms with Crippen molar-refractivity contribution >= 4 is 28.6 Å². The van der Waals surface area contributed by atoms with E-state index >= 15 is 0 Å². The summed E-state index contributed by atoms with van der Waals surface area (Å²) < 4.78 is 7.41. The van der Waals surface area contributed by atoms with Crippen LogP contribution in [-0.2, 0) is 23.1 Å². The van der Waals surface area contributed by atoms with Crippen LogP contribution in [0.1, 0.15) is 15.9 Å². The van der Waals surface area contributed by atoms with Crippen LogP contribution in [0.4, 0.5) is 5.69 Å².